The van der Waals surface area contributed by atoms with Crippen LogP contribution in [0.15, 0.2) is 47.4 Å². The SMILES string of the molecule is CCc1ccc(C(=O)Nc2ccccc2C)cc1S(=O)(=O)N1CCOCC1. The molecule has 2 aromatic carbocycles. The minimum Gasteiger partial charge on any atom is -0.379 e. The van der Waals surface area contributed by atoms with E-state index in [0.717, 1.165) is 5.56 Å². The number of nitrogens with one attached hydrogen (secondary N) is 1. The van der Waals surface area contributed by atoms with Gasteiger partial charge in [-0.3, -0.25) is 4.79 Å². The van der Waals surface area contributed by atoms with E-state index in [9.17, 15) is 13.2 Å². The fourth-order valence-corrected chi connectivity index (χ4v) is 4.79. The molecule has 0 atom stereocenters. The zero-order chi connectivity index (χ0) is 19.4. The summed E-state index contributed by atoms with van der Waals surface area (Å²) in [5.74, 6) is -0.328. The summed E-state index contributed by atoms with van der Waals surface area (Å²) in [4.78, 5) is 12.9. The lowest BCUT2D eigenvalue weighted by molar-refractivity contribution is 0.0730. The molecule has 144 valence electrons. The molecule has 2 aromatic rings. The molecule has 1 amide bonds. The van der Waals surface area contributed by atoms with Crippen molar-refractivity contribution in [3.05, 3.63) is 59.2 Å². The van der Waals surface area contributed by atoms with Crippen LogP contribution in [0.1, 0.15) is 28.4 Å². The van der Waals surface area contributed by atoms with Crippen molar-refractivity contribution in [1.29, 1.82) is 0 Å². The Morgan fingerprint density at radius 3 is 2.52 bits per heavy atom. The average molecular weight is 388 g/mol. The zero-order valence-electron chi connectivity index (χ0n) is 15.6. The van der Waals surface area contributed by atoms with Gasteiger partial charge in [0.1, 0.15) is 0 Å². The minimum atomic E-state index is -3.67. The Hall–Kier alpha value is -2.22. The summed E-state index contributed by atoms with van der Waals surface area (Å²) in [6.07, 6.45) is 0.568. The van der Waals surface area contributed by atoms with Gasteiger partial charge in [0.05, 0.1) is 18.1 Å². The third-order valence-corrected chi connectivity index (χ3v) is 6.67. The molecule has 0 aromatic heterocycles. The first-order valence-corrected chi connectivity index (χ1v) is 10.5. The van der Waals surface area contributed by atoms with Crippen molar-refractivity contribution >= 4 is 21.6 Å². The van der Waals surface area contributed by atoms with Crippen molar-refractivity contribution in [2.45, 2.75) is 25.2 Å². The predicted octanol–water partition coefficient (Wildman–Crippen LogP) is 2.83. The molecule has 0 unspecified atom stereocenters. The van der Waals surface area contributed by atoms with Crippen molar-refractivity contribution < 1.29 is 17.9 Å². The van der Waals surface area contributed by atoms with Gasteiger partial charge in [0, 0.05) is 24.3 Å². The van der Waals surface area contributed by atoms with Crippen LogP contribution in [0.2, 0.25) is 0 Å². The molecule has 1 fully saturated rings. The summed E-state index contributed by atoms with van der Waals surface area (Å²) in [6, 6.07) is 12.3. The quantitative estimate of drug-likeness (QED) is 0.855. The van der Waals surface area contributed by atoms with E-state index in [1.54, 1.807) is 12.1 Å². The number of carbonyl (C=O) groups is 1. The predicted molar refractivity (Wildman–Crippen MR) is 105 cm³/mol. The van der Waals surface area contributed by atoms with E-state index < -0.39 is 10.0 Å². The number of carbonyl (C=O) groups excluding carboxylic acids is 1. The van der Waals surface area contributed by atoms with Gasteiger partial charge in [-0.25, -0.2) is 8.42 Å². The summed E-state index contributed by atoms with van der Waals surface area (Å²) in [5.41, 5.74) is 2.67. The number of hydrogen-bond donors (Lipinski definition) is 1. The summed E-state index contributed by atoms with van der Waals surface area (Å²) >= 11 is 0. The summed E-state index contributed by atoms with van der Waals surface area (Å²) in [5, 5.41) is 2.85. The maximum atomic E-state index is 13.1. The van der Waals surface area contributed by atoms with E-state index in [1.165, 1.54) is 10.4 Å². The van der Waals surface area contributed by atoms with Gasteiger partial charge < -0.3 is 10.1 Å². The summed E-state index contributed by atoms with van der Waals surface area (Å²) < 4.78 is 32.9. The van der Waals surface area contributed by atoms with E-state index in [4.69, 9.17) is 4.74 Å². The first-order chi connectivity index (χ1) is 12.9. The topological polar surface area (TPSA) is 75.7 Å². The Labute approximate surface area is 160 Å². The summed E-state index contributed by atoms with van der Waals surface area (Å²) in [6.45, 7) is 5.23. The highest BCUT2D eigenvalue weighted by molar-refractivity contribution is 7.89. The zero-order valence-corrected chi connectivity index (χ0v) is 16.4. The summed E-state index contributed by atoms with van der Waals surface area (Å²) in [7, 11) is -3.67. The molecule has 1 aliphatic rings. The van der Waals surface area contributed by atoms with E-state index in [1.807, 2.05) is 38.1 Å². The van der Waals surface area contributed by atoms with Crippen LogP contribution in [-0.2, 0) is 21.2 Å². The monoisotopic (exact) mass is 388 g/mol. The van der Waals surface area contributed by atoms with Gasteiger partial charge in [0.25, 0.3) is 5.91 Å². The second-order valence-corrected chi connectivity index (χ2v) is 8.37. The van der Waals surface area contributed by atoms with Crippen molar-refractivity contribution in [3.8, 4) is 0 Å². The molecule has 0 radical (unpaired) electrons. The number of sulfonamides is 1. The number of rotatable bonds is 5. The second-order valence-electron chi connectivity index (χ2n) is 6.46. The fourth-order valence-electron chi connectivity index (χ4n) is 3.06. The molecule has 7 heteroatoms. The van der Waals surface area contributed by atoms with Crippen molar-refractivity contribution in [1.82, 2.24) is 4.31 Å². The number of hydrogen-bond acceptors (Lipinski definition) is 4. The first kappa shape index (κ1) is 19.5. The van der Waals surface area contributed by atoms with Gasteiger partial charge in [-0.05, 0) is 42.7 Å². The number of anilines is 1. The highest BCUT2D eigenvalue weighted by atomic mass is 32.2. The average Bonchev–Trinajstić information content (AvgIpc) is 2.69. The van der Waals surface area contributed by atoms with Crippen LogP contribution >= 0.6 is 0 Å². The Kier molecular flexibility index (Phi) is 5.94. The molecule has 1 aliphatic heterocycles. The lowest BCUT2D eigenvalue weighted by atomic mass is 10.1. The molecule has 0 aliphatic carbocycles. The van der Waals surface area contributed by atoms with Crippen molar-refractivity contribution in [2.24, 2.45) is 0 Å². The van der Waals surface area contributed by atoms with Crippen LogP contribution in [0.4, 0.5) is 5.69 Å². The largest absolute Gasteiger partial charge is 0.379 e. The first-order valence-electron chi connectivity index (χ1n) is 9.01. The Morgan fingerprint density at radius 1 is 1.15 bits per heavy atom. The molecule has 6 nitrogen and oxygen atoms in total. The van der Waals surface area contributed by atoms with E-state index in [-0.39, 0.29) is 10.8 Å². The molecular formula is C20H24N2O4S. The number of nitrogens with zero attached hydrogens (tertiary/aromatic N) is 1. The molecule has 0 spiro atoms. The Bertz CT molecular complexity index is 935. The minimum absolute atomic E-state index is 0.198. The van der Waals surface area contributed by atoms with Crippen LogP contribution < -0.4 is 5.32 Å². The second kappa shape index (κ2) is 8.21. The molecular weight excluding hydrogens is 364 g/mol. The maximum absolute atomic E-state index is 13.1. The standard InChI is InChI=1S/C20H24N2O4S/c1-3-16-8-9-17(20(23)21-18-7-5-4-6-15(18)2)14-19(16)27(24,25)22-10-12-26-13-11-22/h4-9,14H,3,10-13H2,1-2H3,(H,21,23). The van der Waals surface area contributed by atoms with Gasteiger partial charge in [0.15, 0.2) is 0 Å². The van der Waals surface area contributed by atoms with Crippen molar-refractivity contribution in [2.75, 3.05) is 31.6 Å². The third kappa shape index (κ3) is 4.21. The van der Waals surface area contributed by atoms with E-state index in [2.05, 4.69) is 5.32 Å². The molecule has 1 N–H and O–H groups in total. The normalized spacial score (nSPS) is 15.5. The molecule has 3 rings (SSSR count). The van der Waals surface area contributed by atoms with Gasteiger partial charge in [-0.15, -0.1) is 0 Å². The maximum Gasteiger partial charge on any atom is 0.255 e. The highest BCUT2D eigenvalue weighted by Crippen LogP contribution is 2.24. The molecule has 1 saturated heterocycles. The van der Waals surface area contributed by atoms with Crippen LogP contribution in [0.25, 0.3) is 0 Å². The van der Waals surface area contributed by atoms with E-state index >= 15 is 0 Å². The number of morpholine rings is 1. The molecule has 1 heterocycles. The van der Waals surface area contributed by atoms with Crippen LogP contribution in [-0.4, -0.2) is 44.9 Å². The number of benzene rings is 2. The number of ether oxygens (including phenoxy) is 1. The molecule has 0 saturated carbocycles. The lowest BCUT2D eigenvalue weighted by Crippen LogP contribution is -2.41. The fraction of sp³-hybridized carbons (Fsp3) is 0.350. The highest BCUT2D eigenvalue weighted by Gasteiger charge is 2.29. The molecule has 0 bridgehead atoms. The van der Waals surface area contributed by atoms with Gasteiger partial charge >= 0.3 is 0 Å². The van der Waals surface area contributed by atoms with Crippen LogP contribution in [0, 0.1) is 6.92 Å². The Morgan fingerprint density at radius 2 is 1.85 bits per heavy atom. The smallest absolute Gasteiger partial charge is 0.255 e. The molecule has 27 heavy (non-hydrogen) atoms. The van der Waals surface area contributed by atoms with Crippen LogP contribution in [0.5, 0.6) is 0 Å². The Balaban J connectivity index is 1.93. The van der Waals surface area contributed by atoms with Gasteiger partial charge in [-0.1, -0.05) is 31.2 Å². The lowest BCUT2D eigenvalue weighted by Gasteiger charge is -2.27. The number of para-hydroxylation sites is 1. The van der Waals surface area contributed by atoms with E-state index in [0.29, 0.717) is 49.5 Å². The van der Waals surface area contributed by atoms with Gasteiger partial charge in [0.2, 0.25) is 10.0 Å². The van der Waals surface area contributed by atoms with Crippen molar-refractivity contribution in [3.63, 3.8) is 0 Å². The van der Waals surface area contributed by atoms with Gasteiger partial charge in [-0.2, -0.15) is 4.31 Å². The third-order valence-electron chi connectivity index (χ3n) is 4.69. The number of amides is 1. The van der Waals surface area contributed by atoms with Crippen LogP contribution in [0.3, 0.4) is 0 Å². The number of aryl methyl sites for hydroxylation is 2.